The average molecular weight is 230 g/mol. The second-order valence-corrected chi connectivity index (χ2v) is 6.29. The van der Waals surface area contributed by atoms with Gasteiger partial charge in [0.15, 0.2) is 0 Å². The summed E-state index contributed by atoms with van der Waals surface area (Å²) in [4.78, 5) is 4.50. The van der Waals surface area contributed by atoms with Crippen molar-refractivity contribution in [2.45, 2.75) is 24.5 Å². The van der Waals surface area contributed by atoms with Crippen molar-refractivity contribution in [1.82, 2.24) is 5.32 Å². The van der Waals surface area contributed by atoms with Gasteiger partial charge in [-0.2, -0.15) is 23.5 Å². The summed E-state index contributed by atoms with van der Waals surface area (Å²) in [6, 6.07) is 0. The van der Waals surface area contributed by atoms with Gasteiger partial charge in [-0.15, -0.1) is 0 Å². The van der Waals surface area contributed by atoms with E-state index in [0.29, 0.717) is 0 Å². The Morgan fingerprint density at radius 2 is 2.36 bits per heavy atom. The predicted molar refractivity (Wildman–Crippen MR) is 67.7 cm³/mol. The maximum Gasteiger partial charge on any atom is 0.0963 e. The van der Waals surface area contributed by atoms with Crippen LogP contribution in [0.15, 0.2) is 4.99 Å². The van der Waals surface area contributed by atoms with Gasteiger partial charge in [-0.05, 0) is 12.8 Å². The van der Waals surface area contributed by atoms with Gasteiger partial charge in [-0.3, -0.25) is 4.99 Å². The summed E-state index contributed by atoms with van der Waals surface area (Å²) in [5.74, 6) is 5.23. The van der Waals surface area contributed by atoms with E-state index in [4.69, 9.17) is 0 Å². The van der Waals surface area contributed by atoms with Crippen LogP contribution in [0.25, 0.3) is 0 Å². The van der Waals surface area contributed by atoms with Crippen molar-refractivity contribution in [2.75, 3.05) is 30.3 Å². The van der Waals surface area contributed by atoms with E-state index >= 15 is 0 Å². The van der Waals surface area contributed by atoms with Crippen LogP contribution >= 0.6 is 23.5 Å². The summed E-state index contributed by atoms with van der Waals surface area (Å²) in [7, 11) is 0. The Hall–Kier alpha value is 0.170. The molecule has 4 heteroatoms. The maximum absolute atomic E-state index is 4.50. The van der Waals surface area contributed by atoms with Gasteiger partial charge in [-0.25, -0.2) is 0 Å². The highest BCUT2D eigenvalue weighted by Gasteiger charge is 2.14. The lowest BCUT2D eigenvalue weighted by molar-refractivity contribution is 0.704. The van der Waals surface area contributed by atoms with Gasteiger partial charge in [0, 0.05) is 42.0 Å². The molecule has 0 spiro atoms. The largest absolute Gasteiger partial charge is 0.373 e. The third kappa shape index (κ3) is 3.39. The normalized spacial score (nSPS) is 28.3. The van der Waals surface area contributed by atoms with Crippen LogP contribution in [0, 0.1) is 0 Å². The number of nitrogens with zero attached hydrogens (tertiary/aromatic N) is 1. The van der Waals surface area contributed by atoms with Gasteiger partial charge in [0.2, 0.25) is 0 Å². The van der Waals surface area contributed by atoms with Gasteiger partial charge in [0.05, 0.1) is 5.84 Å². The van der Waals surface area contributed by atoms with Crippen LogP contribution in [0.2, 0.25) is 0 Å². The average Bonchev–Trinajstić information content (AvgIpc) is 2.29. The van der Waals surface area contributed by atoms with Crippen LogP contribution in [0.3, 0.4) is 0 Å². The highest BCUT2D eigenvalue weighted by atomic mass is 32.2. The lowest BCUT2D eigenvalue weighted by Gasteiger charge is -2.23. The molecule has 1 fully saturated rings. The van der Waals surface area contributed by atoms with Crippen molar-refractivity contribution in [1.29, 1.82) is 0 Å². The molecule has 2 rings (SSSR count). The molecular formula is C10H18N2S2. The summed E-state index contributed by atoms with van der Waals surface area (Å²) in [6.07, 6.45) is 3.77. The fraction of sp³-hybridized carbons (Fsp3) is 0.900. The summed E-state index contributed by atoms with van der Waals surface area (Å²) in [5.41, 5.74) is 0. The monoisotopic (exact) mass is 230 g/mol. The zero-order chi connectivity index (χ0) is 9.64. The lowest BCUT2D eigenvalue weighted by atomic mass is 10.2. The Kier molecular flexibility index (Phi) is 4.51. The van der Waals surface area contributed by atoms with E-state index in [9.17, 15) is 0 Å². The first-order chi connectivity index (χ1) is 6.95. The number of hydrogen-bond acceptors (Lipinski definition) is 4. The van der Waals surface area contributed by atoms with E-state index in [1.54, 1.807) is 0 Å². The molecule has 0 aromatic rings. The summed E-state index contributed by atoms with van der Waals surface area (Å²) in [6.45, 7) is 2.16. The van der Waals surface area contributed by atoms with Crippen LogP contribution < -0.4 is 5.32 Å². The quantitative estimate of drug-likeness (QED) is 0.785. The first-order valence-corrected chi connectivity index (χ1v) is 7.62. The van der Waals surface area contributed by atoms with E-state index in [1.807, 2.05) is 0 Å². The minimum atomic E-state index is 0.804. The molecule has 0 aromatic carbocycles. The molecule has 2 aliphatic heterocycles. The zero-order valence-corrected chi connectivity index (χ0v) is 10.1. The van der Waals surface area contributed by atoms with E-state index in [-0.39, 0.29) is 0 Å². The van der Waals surface area contributed by atoms with Crippen LogP contribution in [0.1, 0.15) is 19.3 Å². The van der Waals surface area contributed by atoms with Gasteiger partial charge >= 0.3 is 0 Å². The Bertz CT molecular complexity index is 200. The second-order valence-electron chi connectivity index (χ2n) is 3.73. The fourth-order valence-electron chi connectivity index (χ4n) is 1.73. The molecule has 0 radical (unpaired) electrons. The Morgan fingerprint density at radius 3 is 3.07 bits per heavy atom. The van der Waals surface area contributed by atoms with Crippen LogP contribution in [0.5, 0.6) is 0 Å². The molecule has 0 aromatic heterocycles. The zero-order valence-electron chi connectivity index (χ0n) is 8.50. The van der Waals surface area contributed by atoms with Gasteiger partial charge in [0.25, 0.3) is 0 Å². The highest BCUT2D eigenvalue weighted by Crippen LogP contribution is 2.23. The van der Waals surface area contributed by atoms with E-state index in [0.717, 1.165) is 18.3 Å². The molecule has 1 unspecified atom stereocenters. The molecule has 2 nitrogen and oxygen atoms in total. The van der Waals surface area contributed by atoms with Gasteiger partial charge in [-0.1, -0.05) is 0 Å². The number of nitrogens with one attached hydrogen (secondary N) is 1. The van der Waals surface area contributed by atoms with Crippen molar-refractivity contribution in [3.63, 3.8) is 0 Å². The molecule has 0 bridgehead atoms. The van der Waals surface area contributed by atoms with Gasteiger partial charge in [0.1, 0.15) is 0 Å². The third-order valence-electron chi connectivity index (χ3n) is 2.54. The second kappa shape index (κ2) is 5.91. The lowest BCUT2D eigenvalue weighted by Crippen LogP contribution is -2.34. The molecule has 14 heavy (non-hydrogen) atoms. The maximum atomic E-state index is 4.50. The Labute approximate surface area is 94.7 Å². The molecule has 2 heterocycles. The van der Waals surface area contributed by atoms with Crippen molar-refractivity contribution >= 4 is 29.4 Å². The SMILES string of the molecule is C1CCC(NCC2CSCCS2)=NC1. The van der Waals surface area contributed by atoms with Crippen molar-refractivity contribution in [3.05, 3.63) is 0 Å². The first kappa shape index (κ1) is 10.7. The number of aliphatic imine (C=N–C) groups is 1. The number of rotatable bonds is 2. The summed E-state index contributed by atoms with van der Waals surface area (Å²) >= 11 is 4.20. The van der Waals surface area contributed by atoms with Gasteiger partial charge < -0.3 is 5.32 Å². The minimum absolute atomic E-state index is 0.804. The fourth-order valence-corrected chi connectivity index (χ4v) is 4.34. The standard InChI is InChI=1S/C10H18N2S2/c1-2-4-11-10(3-1)12-7-9-8-13-5-6-14-9/h9H,1-8H2,(H,11,12). The van der Waals surface area contributed by atoms with E-state index < -0.39 is 0 Å². The smallest absolute Gasteiger partial charge is 0.0963 e. The summed E-state index contributed by atoms with van der Waals surface area (Å²) in [5, 5.41) is 4.31. The molecule has 0 saturated carbocycles. The highest BCUT2D eigenvalue weighted by molar-refractivity contribution is 8.06. The Balaban J connectivity index is 1.67. The molecule has 0 amide bonds. The molecule has 0 aliphatic carbocycles. The topological polar surface area (TPSA) is 24.4 Å². The molecule has 1 saturated heterocycles. The van der Waals surface area contributed by atoms with E-state index in [1.165, 1.54) is 42.4 Å². The number of thioether (sulfide) groups is 2. The first-order valence-electron chi connectivity index (χ1n) is 5.42. The van der Waals surface area contributed by atoms with E-state index in [2.05, 4.69) is 33.8 Å². The third-order valence-corrected chi connectivity index (χ3v) is 5.39. The molecular weight excluding hydrogens is 212 g/mol. The molecule has 1 N–H and O–H groups in total. The molecule has 1 atom stereocenters. The number of hydrogen-bond donors (Lipinski definition) is 1. The summed E-state index contributed by atoms with van der Waals surface area (Å²) < 4.78 is 0. The van der Waals surface area contributed by atoms with Crippen LogP contribution in [-0.4, -0.2) is 41.4 Å². The van der Waals surface area contributed by atoms with Crippen LogP contribution in [0.4, 0.5) is 0 Å². The van der Waals surface area contributed by atoms with Crippen molar-refractivity contribution in [3.8, 4) is 0 Å². The molecule has 80 valence electrons. The molecule has 2 aliphatic rings. The minimum Gasteiger partial charge on any atom is -0.373 e. The van der Waals surface area contributed by atoms with Crippen molar-refractivity contribution < 1.29 is 0 Å². The van der Waals surface area contributed by atoms with Crippen molar-refractivity contribution in [2.24, 2.45) is 4.99 Å². The predicted octanol–water partition coefficient (Wildman–Crippen LogP) is 2.01. The number of amidine groups is 1. The Morgan fingerprint density at radius 1 is 1.36 bits per heavy atom. The van der Waals surface area contributed by atoms with Crippen LogP contribution in [-0.2, 0) is 0 Å².